The van der Waals surface area contributed by atoms with Gasteiger partial charge in [0.25, 0.3) is 0 Å². The molecule has 1 spiro atoms. The van der Waals surface area contributed by atoms with Crippen molar-refractivity contribution in [2.75, 3.05) is 11.9 Å². The van der Waals surface area contributed by atoms with Gasteiger partial charge in [0, 0.05) is 36.0 Å². The molecule has 33 heavy (non-hydrogen) atoms. The van der Waals surface area contributed by atoms with Crippen LogP contribution in [0.5, 0.6) is 5.75 Å². The predicted octanol–water partition coefficient (Wildman–Crippen LogP) is 3.30. The lowest BCUT2D eigenvalue weighted by atomic mass is 9.83. The van der Waals surface area contributed by atoms with Crippen molar-refractivity contribution in [1.29, 1.82) is 0 Å². The maximum absolute atomic E-state index is 9.47. The molecule has 166 valence electrons. The lowest BCUT2D eigenvalue weighted by molar-refractivity contribution is 0.0834. The van der Waals surface area contributed by atoms with Crippen LogP contribution in [0, 0.1) is 0 Å². The average molecular weight is 441 g/mol. The molecule has 1 fully saturated rings. The van der Waals surface area contributed by atoms with Gasteiger partial charge in [-0.2, -0.15) is 0 Å². The van der Waals surface area contributed by atoms with E-state index in [0.29, 0.717) is 12.6 Å². The van der Waals surface area contributed by atoms with Crippen LogP contribution in [-0.4, -0.2) is 48.4 Å². The van der Waals surface area contributed by atoms with E-state index in [1.54, 1.807) is 12.4 Å². The number of pyridine rings is 1. The number of imidazole rings is 1. The number of aliphatic hydroxyl groups is 1. The van der Waals surface area contributed by atoms with Gasteiger partial charge in [-0.25, -0.2) is 19.9 Å². The van der Waals surface area contributed by atoms with Crippen molar-refractivity contribution in [3.05, 3.63) is 60.2 Å². The molecule has 7 rings (SSSR count). The first-order valence-electron chi connectivity index (χ1n) is 11.6. The van der Waals surface area contributed by atoms with Crippen molar-refractivity contribution in [3.63, 3.8) is 0 Å². The Bertz CT molecular complexity index is 1360. The summed E-state index contributed by atoms with van der Waals surface area (Å²) in [5.74, 6) is 2.61. The fraction of sp³-hybridized carbons (Fsp3) is 0.360. The van der Waals surface area contributed by atoms with Crippen molar-refractivity contribution < 1.29 is 9.84 Å². The van der Waals surface area contributed by atoms with Crippen LogP contribution in [0.3, 0.4) is 0 Å². The van der Waals surface area contributed by atoms with Gasteiger partial charge in [0.15, 0.2) is 5.65 Å². The number of ether oxygens (including phenoxy) is 1. The van der Waals surface area contributed by atoms with Crippen molar-refractivity contribution in [1.82, 2.24) is 24.5 Å². The molecule has 4 aromatic rings. The Kier molecular flexibility index (Phi) is 4.02. The number of anilines is 1. The summed E-state index contributed by atoms with van der Waals surface area (Å²) in [5.41, 5.74) is 4.43. The summed E-state index contributed by atoms with van der Waals surface area (Å²) in [7, 11) is 0. The number of aliphatic hydroxyl groups excluding tert-OH is 1. The van der Waals surface area contributed by atoms with Gasteiger partial charge < -0.3 is 15.2 Å². The van der Waals surface area contributed by atoms with E-state index in [9.17, 15) is 5.11 Å². The molecule has 1 aliphatic carbocycles. The number of benzene rings is 1. The number of fused-ring (bicyclic) bond motifs is 6. The van der Waals surface area contributed by atoms with Gasteiger partial charge in [0.2, 0.25) is 5.95 Å². The number of nitrogens with zero attached hydrogens (tertiary/aromatic N) is 5. The Morgan fingerprint density at radius 3 is 2.76 bits per heavy atom. The number of hydrogen-bond donors (Lipinski definition) is 2. The normalized spacial score (nSPS) is 25.4. The van der Waals surface area contributed by atoms with E-state index in [1.165, 1.54) is 5.56 Å². The monoisotopic (exact) mass is 440 g/mol. The number of rotatable bonds is 3. The van der Waals surface area contributed by atoms with Crippen molar-refractivity contribution in [3.8, 4) is 17.0 Å². The molecule has 1 saturated carbocycles. The van der Waals surface area contributed by atoms with Crippen LogP contribution in [0.1, 0.15) is 37.1 Å². The molecule has 3 aromatic heterocycles. The molecule has 0 bridgehead atoms. The molecular weight excluding hydrogens is 416 g/mol. The van der Waals surface area contributed by atoms with Gasteiger partial charge in [-0.05, 0) is 43.9 Å². The van der Waals surface area contributed by atoms with E-state index in [2.05, 4.69) is 32.0 Å². The van der Waals surface area contributed by atoms with Crippen LogP contribution < -0.4 is 10.1 Å². The second-order valence-electron chi connectivity index (χ2n) is 9.33. The molecule has 5 heterocycles. The van der Waals surface area contributed by atoms with Crippen LogP contribution in [0.2, 0.25) is 0 Å². The number of para-hydroxylation sites is 1. The summed E-state index contributed by atoms with van der Waals surface area (Å²) >= 11 is 0. The van der Waals surface area contributed by atoms with Gasteiger partial charge in [-0.3, -0.25) is 4.57 Å². The number of hydrogen-bond acceptors (Lipinski definition) is 7. The smallest absolute Gasteiger partial charge is 0.222 e. The maximum Gasteiger partial charge on any atom is 0.222 e. The molecule has 1 aromatic carbocycles. The molecule has 2 aliphatic heterocycles. The van der Waals surface area contributed by atoms with Crippen molar-refractivity contribution in [2.45, 2.75) is 49.8 Å². The van der Waals surface area contributed by atoms with Gasteiger partial charge in [0.05, 0.1) is 11.8 Å². The summed E-state index contributed by atoms with van der Waals surface area (Å²) in [6, 6.07) is 12.6. The molecule has 8 heteroatoms. The van der Waals surface area contributed by atoms with Crippen molar-refractivity contribution in [2.24, 2.45) is 0 Å². The first kappa shape index (κ1) is 19.0. The van der Waals surface area contributed by atoms with E-state index >= 15 is 0 Å². The largest absolute Gasteiger partial charge is 0.490 e. The third kappa shape index (κ3) is 2.87. The maximum atomic E-state index is 9.47. The van der Waals surface area contributed by atoms with Crippen molar-refractivity contribution >= 4 is 17.1 Å². The lowest BCUT2D eigenvalue weighted by Gasteiger charge is -2.35. The topological polar surface area (TPSA) is 98.0 Å². The highest BCUT2D eigenvalue weighted by Gasteiger charge is 2.46. The number of aromatic nitrogens is 5. The minimum absolute atomic E-state index is 0.209. The highest BCUT2D eigenvalue weighted by Crippen LogP contribution is 2.47. The Morgan fingerprint density at radius 2 is 1.91 bits per heavy atom. The average Bonchev–Trinajstić information content (AvgIpc) is 3.38. The van der Waals surface area contributed by atoms with Gasteiger partial charge in [0.1, 0.15) is 29.2 Å². The molecule has 3 aliphatic rings. The quantitative estimate of drug-likeness (QED) is 0.504. The Labute approximate surface area is 190 Å². The summed E-state index contributed by atoms with van der Waals surface area (Å²) in [5, 5.41) is 12.7. The van der Waals surface area contributed by atoms with Crippen LogP contribution in [0.15, 0.2) is 48.8 Å². The molecule has 0 radical (unpaired) electrons. The van der Waals surface area contributed by atoms with Crippen LogP contribution in [-0.2, 0) is 12.0 Å². The summed E-state index contributed by atoms with van der Waals surface area (Å²) in [6.45, 7) is 0.607. The molecule has 1 unspecified atom stereocenters. The highest BCUT2D eigenvalue weighted by atomic mass is 16.5. The number of nitrogens with one attached hydrogen (secondary N) is 1. The van der Waals surface area contributed by atoms with E-state index in [-0.39, 0.29) is 17.7 Å². The third-order valence-electron chi connectivity index (χ3n) is 7.24. The molecule has 2 N–H and O–H groups in total. The zero-order valence-corrected chi connectivity index (χ0v) is 18.1. The molecule has 0 amide bonds. The van der Waals surface area contributed by atoms with E-state index in [0.717, 1.165) is 66.1 Å². The molecule has 0 saturated heterocycles. The lowest BCUT2D eigenvalue weighted by Crippen LogP contribution is -2.40. The summed E-state index contributed by atoms with van der Waals surface area (Å²) in [6.07, 6.45) is 7.90. The predicted molar refractivity (Wildman–Crippen MR) is 123 cm³/mol. The summed E-state index contributed by atoms with van der Waals surface area (Å²) < 4.78 is 8.45. The Morgan fingerprint density at radius 1 is 1.06 bits per heavy atom. The fourth-order valence-corrected chi connectivity index (χ4v) is 5.50. The highest BCUT2D eigenvalue weighted by molar-refractivity contribution is 5.77. The summed E-state index contributed by atoms with van der Waals surface area (Å²) in [4.78, 5) is 18.9. The molecule has 8 nitrogen and oxygen atoms in total. The first-order valence-corrected chi connectivity index (χ1v) is 11.6. The van der Waals surface area contributed by atoms with Crippen LogP contribution in [0.4, 0.5) is 5.95 Å². The van der Waals surface area contributed by atoms with E-state index < -0.39 is 0 Å². The zero-order valence-electron chi connectivity index (χ0n) is 18.1. The van der Waals surface area contributed by atoms with E-state index in [1.807, 2.05) is 24.3 Å². The second kappa shape index (κ2) is 6.99. The minimum atomic E-state index is -0.262. The van der Waals surface area contributed by atoms with Gasteiger partial charge >= 0.3 is 0 Å². The Hall–Kier alpha value is -3.52. The Balaban J connectivity index is 1.28. The van der Waals surface area contributed by atoms with Crippen LogP contribution in [0.25, 0.3) is 22.4 Å². The van der Waals surface area contributed by atoms with Gasteiger partial charge in [-0.15, -0.1) is 0 Å². The van der Waals surface area contributed by atoms with Crippen LogP contribution >= 0.6 is 0 Å². The fourth-order valence-electron chi connectivity index (χ4n) is 5.50. The second-order valence-corrected chi connectivity index (χ2v) is 9.33. The van der Waals surface area contributed by atoms with Gasteiger partial charge in [-0.1, -0.05) is 18.2 Å². The standard InChI is InChI=1S/C25H24N6O2/c32-17-10-16(11-17)28-24-26-12-15(13-27-24)19-7-8-20-23(30-19)31-22(29-20)6-3-9-25(31)14-33-21-5-2-1-4-18(21)25/h1-2,4-5,7-8,12-13,16-17,32H,3,6,9-11,14H2,(H,26,27,28). The molecule has 1 atom stereocenters. The third-order valence-corrected chi connectivity index (χ3v) is 7.24. The SMILES string of the molecule is OC1CC(Nc2ncc(-c3ccc4nc5n(c4n3)C3(CCC5)COc4ccccc43)cn2)C1. The van der Waals surface area contributed by atoms with E-state index in [4.69, 9.17) is 14.7 Å². The first-order chi connectivity index (χ1) is 16.2. The zero-order chi connectivity index (χ0) is 22.0. The molecular formula is C25H24N6O2. The minimum Gasteiger partial charge on any atom is -0.490 e. The number of aryl methyl sites for hydroxylation is 1.